The summed E-state index contributed by atoms with van der Waals surface area (Å²) in [5, 5.41) is 13.6. The van der Waals surface area contributed by atoms with Gasteiger partial charge in [-0.15, -0.1) is 11.3 Å². The molecule has 0 radical (unpaired) electrons. The first-order valence-electron chi connectivity index (χ1n) is 7.77. The van der Waals surface area contributed by atoms with Gasteiger partial charge in [-0.1, -0.05) is 18.2 Å². The molecular weight excluding hydrogens is 340 g/mol. The van der Waals surface area contributed by atoms with Crippen LogP contribution in [-0.2, 0) is 20.7 Å². The van der Waals surface area contributed by atoms with Crippen molar-refractivity contribution in [3.8, 4) is 11.8 Å². The Morgan fingerprint density at radius 2 is 2.08 bits per heavy atom. The smallest absolute Gasteiger partial charge is 0.306 e. The highest BCUT2D eigenvalue weighted by Gasteiger charge is 2.12. The van der Waals surface area contributed by atoms with Crippen molar-refractivity contribution >= 4 is 28.2 Å². The number of benzene rings is 1. The zero-order chi connectivity index (χ0) is 18.1. The fourth-order valence-electron chi connectivity index (χ4n) is 2.12. The van der Waals surface area contributed by atoms with Gasteiger partial charge in [0.2, 0.25) is 0 Å². The number of hydrogen-bond donors (Lipinski definition) is 1. The molecule has 1 aromatic heterocycles. The van der Waals surface area contributed by atoms with Crippen molar-refractivity contribution < 1.29 is 19.1 Å². The maximum atomic E-state index is 11.8. The second-order valence-corrected chi connectivity index (χ2v) is 5.94. The highest BCUT2D eigenvalue weighted by molar-refractivity contribution is 7.14. The van der Waals surface area contributed by atoms with Crippen LogP contribution in [0.3, 0.4) is 0 Å². The highest BCUT2D eigenvalue weighted by atomic mass is 32.1. The summed E-state index contributed by atoms with van der Waals surface area (Å²) in [7, 11) is 0. The minimum absolute atomic E-state index is 0.153. The Balaban J connectivity index is 1.77. The maximum Gasteiger partial charge on any atom is 0.306 e. The molecule has 0 saturated carbocycles. The molecule has 0 fully saturated rings. The summed E-state index contributed by atoms with van der Waals surface area (Å²) in [5.41, 5.74) is 1.31. The molecule has 1 N–H and O–H groups in total. The molecule has 0 aliphatic heterocycles. The number of nitriles is 1. The molecule has 0 bridgehead atoms. The molecular formula is C18H18N2O4S. The fraction of sp³-hybridized carbons (Fsp3) is 0.278. The first-order chi connectivity index (χ1) is 12.1. The van der Waals surface area contributed by atoms with Crippen LogP contribution in [0.2, 0.25) is 0 Å². The molecule has 1 heterocycles. The van der Waals surface area contributed by atoms with Gasteiger partial charge >= 0.3 is 5.97 Å². The Bertz CT molecular complexity index is 779. The number of carbonyl (C=O) groups excluding carboxylic acids is 2. The minimum Gasteiger partial charge on any atom is -0.494 e. The molecule has 0 spiro atoms. The largest absolute Gasteiger partial charge is 0.494 e. The molecule has 6 nitrogen and oxygen atoms in total. The maximum absolute atomic E-state index is 11.8. The lowest BCUT2D eigenvalue weighted by molar-refractivity contribution is -0.147. The van der Waals surface area contributed by atoms with Gasteiger partial charge in [0.25, 0.3) is 5.91 Å². The van der Waals surface area contributed by atoms with E-state index < -0.39 is 11.9 Å². The van der Waals surface area contributed by atoms with E-state index in [2.05, 4.69) is 5.32 Å². The zero-order valence-electron chi connectivity index (χ0n) is 13.8. The Kier molecular flexibility index (Phi) is 6.99. The average molecular weight is 358 g/mol. The number of rotatable bonds is 8. The van der Waals surface area contributed by atoms with Crippen molar-refractivity contribution in [2.45, 2.75) is 19.8 Å². The van der Waals surface area contributed by atoms with E-state index in [1.807, 2.05) is 37.3 Å². The quantitative estimate of drug-likeness (QED) is 0.733. The normalized spacial score (nSPS) is 9.92. The van der Waals surface area contributed by atoms with Crippen molar-refractivity contribution in [3.05, 3.63) is 46.8 Å². The number of para-hydroxylation sites is 1. The standard InChI is InChI=1S/C18H18N2O4S/c1-2-23-15-6-4-3-5-13(15)7-8-17(22)24-12-16(21)20-18-14(11-19)9-10-25-18/h3-6,9-10H,2,7-8,12H2,1H3,(H,20,21). The molecule has 0 saturated heterocycles. The van der Waals surface area contributed by atoms with Crippen molar-refractivity contribution in [1.82, 2.24) is 0 Å². The van der Waals surface area contributed by atoms with Crippen molar-refractivity contribution in [3.63, 3.8) is 0 Å². The number of anilines is 1. The highest BCUT2D eigenvalue weighted by Crippen LogP contribution is 2.22. The van der Waals surface area contributed by atoms with E-state index in [-0.39, 0.29) is 13.0 Å². The van der Waals surface area contributed by atoms with Crippen molar-refractivity contribution in [2.24, 2.45) is 0 Å². The zero-order valence-corrected chi connectivity index (χ0v) is 14.6. The van der Waals surface area contributed by atoms with Gasteiger partial charge in [0.05, 0.1) is 12.2 Å². The van der Waals surface area contributed by atoms with Gasteiger partial charge in [-0.25, -0.2) is 0 Å². The molecule has 2 rings (SSSR count). The molecule has 2 aromatic rings. The molecule has 0 aliphatic carbocycles. The number of nitrogens with zero attached hydrogens (tertiary/aromatic N) is 1. The second kappa shape index (κ2) is 9.45. The summed E-state index contributed by atoms with van der Waals surface area (Å²) >= 11 is 1.24. The summed E-state index contributed by atoms with van der Waals surface area (Å²) < 4.78 is 10.5. The molecule has 0 atom stereocenters. The SMILES string of the molecule is CCOc1ccccc1CCC(=O)OCC(=O)Nc1sccc1C#N. The van der Waals surface area contributed by atoms with Crippen molar-refractivity contribution in [1.29, 1.82) is 5.26 Å². The van der Waals surface area contributed by atoms with Gasteiger partial charge in [-0.05, 0) is 36.4 Å². The predicted octanol–water partition coefficient (Wildman–Crippen LogP) is 3.13. The number of amides is 1. The van der Waals surface area contributed by atoms with Gasteiger partial charge in [-0.2, -0.15) is 5.26 Å². The van der Waals surface area contributed by atoms with E-state index >= 15 is 0 Å². The number of carbonyl (C=O) groups is 2. The van der Waals surface area contributed by atoms with Crippen molar-refractivity contribution in [2.75, 3.05) is 18.5 Å². The lowest BCUT2D eigenvalue weighted by Crippen LogP contribution is -2.21. The van der Waals surface area contributed by atoms with Gasteiger partial charge in [0.15, 0.2) is 6.61 Å². The van der Waals surface area contributed by atoms with Gasteiger partial charge < -0.3 is 14.8 Å². The van der Waals surface area contributed by atoms with E-state index in [1.165, 1.54) is 11.3 Å². The number of esters is 1. The van der Waals surface area contributed by atoms with Crippen LogP contribution in [0.15, 0.2) is 35.7 Å². The summed E-state index contributed by atoms with van der Waals surface area (Å²) in [4.78, 5) is 23.6. The van der Waals surface area contributed by atoms with E-state index in [1.54, 1.807) is 11.4 Å². The summed E-state index contributed by atoms with van der Waals surface area (Å²) in [6, 6.07) is 11.1. The third-order valence-electron chi connectivity index (χ3n) is 3.27. The molecule has 1 aromatic carbocycles. The average Bonchev–Trinajstić information content (AvgIpc) is 3.06. The first-order valence-corrected chi connectivity index (χ1v) is 8.65. The van der Waals surface area contributed by atoms with E-state index in [4.69, 9.17) is 14.7 Å². The number of nitrogens with one attached hydrogen (secondary N) is 1. The van der Waals surface area contributed by atoms with Crippen LogP contribution in [0.25, 0.3) is 0 Å². The number of ether oxygens (including phenoxy) is 2. The number of hydrogen-bond acceptors (Lipinski definition) is 6. The van der Waals surface area contributed by atoms with Gasteiger partial charge in [0, 0.05) is 6.42 Å². The van der Waals surface area contributed by atoms with Gasteiger partial charge in [-0.3, -0.25) is 9.59 Å². The molecule has 25 heavy (non-hydrogen) atoms. The first kappa shape index (κ1) is 18.5. The van der Waals surface area contributed by atoms with E-state index in [0.29, 0.717) is 23.6 Å². The van der Waals surface area contributed by atoms with Crippen LogP contribution in [-0.4, -0.2) is 25.1 Å². The number of aryl methyl sites for hydroxylation is 1. The lowest BCUT2D eigenvalue weighted by atomic mass is 10.1. The molecule has 1 amide bonds. The minimum atomic E-state index is -0.470. The third kappa shape index (κ3) is 5.62. The molecule has 0 aliphatic rings. The molecule has 0 unspecified atom stereocenters. The van der Waals surface area contributed by atoms with E-state index in [9.17, 15) is 9.59 Å². The molecule has 130 valence electrons. The fourth-order valence-corrected chi connectivity index (χ4v) is 2.87. The van der Waals surface area contributed by atoms with Gasteiger partial charge in [0.1, 0.15) is 16.8 Å². The van der Waals surface area contributed by atoms with Crippen LogP contribution >= 0.6 is 11.3 Å². The predicted molar refractivity (Wildman–Crippen MR) is 94.6 cm³/mol. The monoisotopic (exact) mass is 358 g/mol. The third-order valence-corrected chi connectivity index (χ3v) is 4.10. The summed E-state index contributed by atoms with van der Waals surface area (Å²) in [6.07, 6.45) is 0.625. The second-order valence-electron chi connectivity index (χ2n) is 5.02. The Morgan fingerprint density at radius 3 is 2.84 bits per heavy atom. The Hall–Kier alpha value is -2.85. The Morgan fingerprint density at radius 1 is 1.28 bits per heavy atom. The summed E-state index contributed by atoms with van der Waals surface area (Å²) in [5.74, 6) is -0.188. The van der Waals surface area contributed by atoms with E-state index in [0.717, 1.165) is 11.3 Å². The van der Waals surface area contributed by atoms with Crippen LogP contribution in [0.1, 0.15) is 24.5 Å². The topological polar surface area (TPSA) is 88.4 Å². The number of thiophene rings is 1. The Labute approximate surface area is 150 Å². The van der Waals surface area contributed by atoms with Crippen LogP contribution < -0.4 is 10.1 Å². The lowest BCUT2D eigenvalue weighted by Gasteiger charge is -2.09. The molecule has 7 heteroatoms. The van der Waals surface area contributed by atoms with Crippen LogP contribution in [0.5, 0.6) is 5.75 Å². The van der Waals surface area contributed by atoms with Crippen LogP contribution in [0.4, 0.5) is 5.00 Å². The van der Waals surface area contributed by atoms with Crippen LogP contribution in [0, 0.1) is 11.3 Å². The summed E-state index contributed by atoms with van der Waals surface area (Å²) in [6.45, 7) is 2.07.